The third-order valence-electron chi connectivity index (χ3n) is 2.54. The Labute approximate surface area is 131 Å². The summed E-state index contributed by atoms with van der Waals surface area (Å²) in [4.78, 5) is 0. The summed E-state index contributed by atoms with van der Waals surface area (Å²) in [6.45, 7) is 14.9. The minimum Gasteiger partial charge on any atom is -0.369 e. The predicted molar refractivity (Wildman–Crippen MR) is 84.6 cm³/mol. The molecule has 0 aromatic rings. The summed E-state index contributed by atoms with van der Waals surface area (Å²) in [6, 6.07) is 0. The first kappa shape index (κ1) is 20.2. The molecule has 0 saturated carbocycles. The summed E-state index contributed by atoms with van der Waals surface area (Å²) in [7, 11) is 0. The fourth-order valence-electron chi connectivity index (χ4n) is 1.02. The Morgan fingerprint density at radius 2 is 1.40 bits per heavy atom. The van der Waals surface area contributed by atoms with Crippen molar-refractivity contribution in [3.63, 3.8) is 0 Å². The monoisotopic (exact) mass is 344 g/mol. The highest BCUT2D eigenvalue weighted by Crippen LogP contribution is 2.58. The topological polar surface area (TPSA) is 44.8 Å². The molecule has 7 heteroatoms. The Morgan fingerprint density at radius 3 is 1.65 bits per heavy atom. The van der Waals surface area contributed by atoms with Gasteiger partial charge in [-0.05, 0) is 50.2 Å². The first-order chi connectivity index (χ1) is 8.91. The van der Waals surface area contributed by atoms with Crippen molar-refractivity contribution in [1.82, 2.24) is 0 Å². The summed E-state index contributed by atoms with van der Waals surface area (Å²) >= 11 is 10.9. The van der Waals surface area contributed by atoms with Gasteiger partial charge in [0.25, 0.3) is 0 Å². The molecule has 0 aliphatic heterocycles. The second kappa shape index (κ2) is 7.98. The Bertz CT molecular complexity index is 353. The third kappa shape index (κ3) is 9.98. The van der Waals surface area contributed by atoms with E-state index in [0.29, 0.717) is 0 Å². The number of hydrogen-bond donors (Lipinski definition) is 0. The smallest absolute Gasteiger partial charge is 0.369 e. The van der Waals surface area contributed by atoms with E-state index in [-0.39, 0.29) is 13.2 Å². The van der Waals surface area contributed by atoms with Gasteiger partial charge in [-0.3, -0.25) is 9.09 Å². The minimum absolute atomic E-state index is 0.121. The van der Waals surface area contributed by atoms with Crippen molar-refractivity contribution in [1.29, 1.82) is 0 Å². The van der Waals surface area contributed by atoms with Crippen LogP contribution in [0.25, 0.3) is 0 Å². The van der Waals surface area contributed by atoms with Crippen molar-refractivity contribution in [2.75, 3.05) is 13.2 Å². The van der Waals surface area contributed by atoms with Gasteiger partial charge in [0.1, 0.15) is 6.10 Å². The lowest BCUT2D eigenvalue weighted by molar-refractivity contribution is -0.0727. The van der Waals surface area contributed by atoms with Crippen molar-refractivity contribution in [2.24, 2.45) is 0 Å². The average Bonchev–Trinajstić information content (AvgIpc) is 2.31. The molecular formula is C13H23Cl2O4P. The van der Waals surface area contributed by atoms with Gasteiger partial charge in [-0.2, -0.15) is 0 Å². The van der Waals surface area contributed by atoms with Gasteiger partial charge in [0, 0.05) is 0 Å². The van der Waals surface area contributed by atoms with E-state index in [1.807, 2.05) is 27.7 Å². The normalized spacial score (nSPS) is 13.6. The number of hydrogen-bond acceptors (Lipinski definition) is 4. The molecule has 0 amide bonds. The molecule has 20 heavy (non-hydrogen) atoms. The maximum absolute atomic E-state index is 11.4. The molecule has 0 radical (unpaired) electrons. The first-order valence-corrected chi connectivity index (χ1v) is 9.57. The standard InChI is InChI=1S/C13H23Cl2O4P/c1-7-12(3,4)17-9-11(19-20(14,15)16)10-18-13(5,6)8-2/h7-8,11H,1-2,9-10H2,3-6H3. The molecule has 0 spiro atoms. The summed E-state index contributed by atoms with van der Waals surface area (Å²) in [5.41, 5.74) is -1.09. The quantitative estimate of drug-likeness (QED) is 0.416. The van der Waals surface area contributed by atoms with E-state index in [1.54, 1.807) is 12.2 Å². The lowest BCUT2D eigenvalue weighted by Crippen LogP contribution is -2.34. The zero-order chi connectivity index (χ0) is 16.0. The highest BCUT2D eigenvalue weighted by atomic mass is 35.9. The van der Waals surface area contributed by atoms with Crippen LogP contribution in [0.1, 0.15) is 27.7 Å². The molecule has 0 rings (SSSR count). The van der Waals surface area contributed by atoms with E-state index in [2.05, 4.69) is 13.2 Å². The highest BCUT2D eigenvalue weighted by Gasteiger charge is 2.27. The molecule has 0 N–H and O–H groups in total. The van der Waals surface area contributed by atoms with Crippen LogP contribution in [0.15, 0.2) is 25.3 Å². The fraction of sp³-hybridized carbons (Fsp3) is 0.692. The van der Waals surface area contributed by atoms with Crippen LogP contribution >= 0.6 is 28.6 Å². The van der Waals surface area contributed by atoms with Crippen LogP contribution in [0.5, 0.6) is 0 Å². The van der Waals surface area contributed by atoms with Crippen molar-refractivity contribution in [2.45, 2.75) is 45.0 Å². The lowest BCUT2D eigenvalue weighted by atomic mass is 10.1. The van der Waals surface area contributed by atoms with Crippen LogP contribution < -0.4 is 0 Å². The molecular weight excluding hydrogens is 322 g/mol. The van der Waals surface area contributed by atoms with Crippen LogP contribution in [0.4, 0.5) is 0 Å². The number of halogens is 2. The van der Waals surface area contributed by atoms with Gasteiger partial charge in [-0.15, -0.1) is 13.2 Å². The Morgan fingerprint density at radius 1 is 1.05 bits per heavy atom. The van der Waals surface area contributed by atoms with Gasteiger partial charge < -0.3 is 9.47 Å². The van der Waals surface area contributed by atoms with Crippen LogP contribution in [-0.2, 0) is 18.6 Å². The molecule has 0 fully saturated rings. The van der Waals surface area contributed by atoms with Gasteiger partial charge in [-0.1, -0.05) is 12.2 Å². The summed E-state index contributed by atoms with van der Waals surface area (Å²) in [6.07, 6.45) is -1.02. The highest BCUT2D eigenvalue weighted by molar-refractivity contribution is 8.05. The van der Waals surface area contributed by atoms with E-state index in [0.717, 1.165) is 0 Å². The molecule has 0 aromatic heterocycles. The zero-order valence-electron chi connectivity index (χ0n) is 12.4. The fourth-order valence-corrected chi connectivity index (χ4v) is 2.16. The molecule has 0 saturated heterocycles. The van der Waals surface area contributed by atoms with Gasteiger partial charge in [0.15, 0.2) is 0 Å². The third-order valence-corrected chi connectivity index (χ3v) is 3.56. The second-order valence-corrected chi connectivity index (χ2v) is 9.61. The lowest BCUT2D eigenvalue weighted by Gasteiger charge is -2.28. The van der Waals surface area contributed by atoms with E-state index >= 15 is 0 Å². The molecule has 0 aliphatic carbocycles. The molecule has 0 bridgehead atoms. The first-order valence-electron chi connectivity index (χ1n) is 6.13. The van der Waals surface area contributed by atoms with Crippen LogP contribution in [0, 0.1) is 0 Å². The van der Waals surface area contributed by atoms with Crippen molar-refractivity contribution in [3.8, 4) is 0 Å². The molecule has 118 valence electrons. The maximum atomic E-state index is 11.4. The largest absolute Gasteiger partial charge is 0.380 e. The SMILES string of the molecule is C=CC(C)(C)OCC(COC(C)(C)C=C)OP(=O)(Cl)Cl. The molecule has 4 nitrogen and oxygen atoms in total. The van der Waals surface area contributed by atoms with E-state index in [1.165, 1.54) is 0 Å². The van der Waals surface area contributed by atoms with E-state index in [9.17, 15) is 4.57 Å². The van der Waals surface area contributed by atoms with Crippen LogP contribution in [0.3, 0.4) is 0 Å². The van der Waals surface area contributed by atoms with Gasteiger partial charge in [-0.25, -0.2) is 0 Å². The van der Waals surface area contributed by atoms with Crippen molar-refractivity contribution >= 4 is 28.6 Å². The van der Waals surface area contributed by atoms with Crippen molar-refractivity contribution < 1.29 is 18.6 Å². The summed E-state index contributed by atoms with van der Waals surface area (Å²) < 4.78 is 27.7. The van der Waals surface area contributed by atoms with E-state index < -0.39 is 23.4 Å². The molecule has 0 heterocycles. The Kier molecular flexibility index (Phi) is 8.04. The van der Waals surface area contributed by atoms with Crippen LogP contribution in [0.2, 0.25) is 0 Å². The predicted octanol–water partition coefficient (Wildman–Crippen LogP) is 4.92. The second-order valence-electron chi connectivity index (χ2n) is 5.38. The molecule has 0 atom stereocenters. The maximum Gasteiger partial charge on any atom is 0.380 e. The zero-order valence-corrected chi connectivity index (χ0v) is 14.8. The van der Waals surface area contributed by atoms with Crippen LogP contribution in [-0.4, -0.2) is 30.5 Å². The van der Waals surface area contributed by atoms with Gasteiger partial charge in [0.2, 0.25) is 0 Å². The van der Waals surface area contributed by atoms with Gasteiger partial charge >= 0.3 is 6.07 Å². The van der Waals surface area contributed by atoms with Crippen molar-refractivity contribution in [3.05, 3.63) is 25.3 Å². The number of ether oxygens (including phenoxy) is 2. The summed E-state index contributed by atoms with van der Waals surface area (Å²) in [5.74, 6) is 0. The minimum atomic E-state index is -3.67. The summed E-state index contributed by atoms with van der Waals surface area (Å²) in [5, 5.41) is 0. The molecule has 0 aliphatic rings. The molecule has 0 unspecified atom stereocenters. The molecule has 0 aromatic carbocycles. The Hall–Kier alpha value is 0.170. The van der Waals surface area contributed by atoms with E-state index in [4.69, 9.17) is 36.5 Å². The number of rotatable bonds is 10. The average molecular weight is 345 g/mol. The van der Waals surface area contributed by atoms with Gasteiger partial charge in [0.05, 0.1) is 24.4 Å². The Balaban J connectivity index is 4.62.